The van der Waals surface area contributed by atoms with Crippen LogP contribution in [0.2, 0.25) is 0 Å². The number of amides is 1. The van der Waals surface area contributed by atoms with Crippen LogP contribution in [0, 0.1) is 5.41 Å². The van der Waals surface area contributed by atoms with E-state index in [9.17, 15) is 4.79 Å². The van der Waals surface area contributed by atoms with Gasteiger partial charge in [-0.3, -0.25) is 4.79 Å². The number of alkyl halides is 1. The summed E-state index contributed by atoms with van der Waals surface area (Å²) in [5.74, 6) is 0.325. The van der Waals surface area contributed by atoms with Gasteiger partial charge in [0.15, 0.2) is 0 Å². The summed E-state index contributed by atoms with van der Waals surface area (Å²) in [6.45, 7) is 5.61. The lowest BCUT2D eigenvalue weighted by atomic mass is 9.72. The molecule has 92 valence electrons. The molecule has 0 N–H and O–H groups in total. The van der Waals surface area contributed by atoms with Gasteiger partial charge in [0.1, 0.15) is 0 Å². The van der Waals surface area contributed by atoms with Gasteiger partial charge in [0, 0.05) is 12.6 Å². The number of nitrogens with zero attached hydrogens (tertiary/aromatic N) is 1. The maximum Gasteiger partial charge on any atom is 0.236 e. The van der Waals surface area contributed by atoms with E-state index < -0.39 is 0 Å². The maximum atomic E-state index is 12.2. The van der Waals surface area contributed by atoms with E-state index in [1.807, 2.05) is 0 Å². The molecule has 2 atom stereocenters. The fraction of sp³-hybridized carbons (Fsp3) is 0.923. The summed E-state index contributed by atoms with van der Waals surface area (Å²) in [7, 11) is 0. The first-order valence-corrected chi connectivity index (χ1v) is 7.38. The van der Waals surface area contributed by atoms with E-state index in [1.165, 1.54) is 25.7 Å². The molecule has 0 aromatic carbocycles. The molecule has 2 nitrogen and oxygen atoms in total. The molecule has 1 heterocycles. The average Bonchev–Trinajstić information content (AvgIpc) is 2.22. The fourth-order valence-corrected chi connectivity index (χ4v) is 3.80. The number of carbonyl (C=O) groups is 1. The van der Waals surface area contributed by atoms with Gasteiger partial charge in [-0.1, -0.05) is 42.6 Å². The van der Waals surface area contributed by atoms with Gasteiger partial charge in [-0.2, -0.15) is 0 Å². The van der Waals surface area contributed by atoms with E-state index >= 15 is 0 Å². The van der Waals surface area contributed by atoms with Crippen molar-refractivity contribution in [2.24, 2.45) is 5.41 Å². The highest BCUT2D eigenvalue weighted by atomic mass is 79.9. The van der Waals surface area contributed by atoms with Crippen molar-refractivity contribution in [1.29, 1.82) is 0 Å². The Morgan fingerprint density at radius 3 is 2.69 bits per heavy atom. The summed E-state index contributed by atoms with van der Waals surface area (Å²) in [6.07, 6.45) is 7.21. The number of rotatable bonds is 1. The van der Waals surface area contributed by atoms with E-state index in [0.717, 1.165) is 19.4 Å². The van der Waals surface area contributed by atoms with Crippen LogP contribution in [0.5, 0.6) is 0 Å². The molecule has 0 aromatic heterocycles. The second kappa shape index (κ2) is 4.67. The van der Waals surface area contributed by atoms with Crippen molar-refractivity contribution >= 4 is 21.8 Å². The summed E-state index contributed by atoms with van der Waals surface area (Å²) < 4.78 is 0. The predicted octanol–water partition coefficient (Wildman–Crippen LogP) is 3.34. The molecule has 2 fully saturated rings. The van der Waals surface area contributed by atoms with Gasteiger partial charge in [-0.25, -0.2) is 0 Å². The number of halogens is 1. The van der Waals surface area contributed by atoms with E-state index in [0.29, 0.717) is 17.4 Å². The Labute approximate surface area is 107 Å². The number of piperidine rings is 1. The second-order valence-electron chi connectivity index (χ2n) is 5.89. The highest BCUT2D eigenvalue weighted by molar-refractivity contribution is 9.10. The Morgan fingerprint density at radius 1 is 1.25 bits per heavy atom. The van der Waals surface area contributed by atoms with Crippen LogP contribution in [-0.4, -0.2) is 28.2 Å². The molecule has 1 aliphatic carbocycles. The minimum absolute atomic E-state index is 0.0685. The number of hydrogen-bond donors (Lipinski definition) is 0. The van der Waals surface area contributed by atoms with Gasteiger partial charge in [0.05, 0.1) is 4.83 Å². The molecular weight excluding hydrogens is 266 g/mol. The third kappa shape index (κ3) is 2.29. The minimum Gasteiger partial charge on any atom is -0.338 e. The van der Waals surface area contributed by atoms with Crippen molar-refractivity contribution in [1.82, 2.24) is 4.90 Å². The normalized spacial score (nSPS) is 35.2. The SMILES string of the molecule is CC1(C)CCCCC1N1CCCC(Br)C1=O. The van der Waals surface area contributed by atoms with Crippen LogP contribution in [0.15, 0.2) is 0 Å². The van der Waals surface area contributed by atoms with Crippen molar-refractivity contribution in [3.8, 4) is 0 Å². The van der Waals surface area contributed by atoms with E-state index in [-0.39, 0.29) is 4.83 Å². The Kier molecular flexibility index (Phi) is 3.62. The van der Waals surface area contributed by atoms with Crippen LogP contribution in [-0.2, 0) is 4.79 Å². The van der Waals surface area contributed by atoms with Gasteiger partial charge < -0.3 is 4.90 Å². The van der Waals surface area contributed by atoms with E-state index in [2.05, 4.69) is 34.7 Å². The highest BCUT2D eigenvalue weighted by Gasteiger charge is 2.40. The smallest absolute Gasteiger partial charge is 0.236 e. The van der Waals surface area contributed by atoms with Crippen molar-refractivity contribution in [2.75, 3.05) is 6.54 Å². The molecule has 16 heavy (non-hydrogen) atoms. The Morgan fingerprint density at radius 2 is 2.00 bits per heavy atom. The highest BCUT2D eigenvalue weighted by Crippen LogP contribution is 2.40. The van der Waals surface area contributed by atoms with Gasteiger partial charge in [0.25, 0.3) is 0 Å². The molecule has 2 aliphatic rings. The van der Waals surface area contributed by atoms with Crippen LogP contribution in [0.25, 0.3) is 0 Å². The zero-order valence-corrected chi connectivity index (χ0v) is 11.9. The van der Waals surface area contributed by atoms with E-state index in [1.54, 1.807) is 0 Å². The first-order chi connectivity index (χ1) is 7.52. The Hall–Kier alpha value is -0.0500. The Bertz CT molecular complexity index is 277. The zero-order valence-electron chi connectivity index (χ0n) is 10.3. The van der Waals surface area contributed by atoms with Crippen LogP contribution in [0.3, 0.4) is 0 Å². The first kappa shape index (κ1) is 12.4. The van der Waals surface area contributed by atoms with Crippen molar-refractivity contribution < 1.29 is 4.79 Å². The second-order valence-corrected chi connectivity index (χ2v) is 7.00. The predicted molar refractivity (Wildman–Crippen MR) is 69.7 cm³/mol. The number of carbonyl (C=O) groups excluding carboxylic acids is 1. The minimum atomic E-state index is 0.0685. The average molecular weight is 288 g/mol. The molecule has 3 heteroatoms. The number of hydrogen-bond acceptors (Lipinski definition) is 1. The summed E-state index contributed by atoms with van der Waals surface area (Å²) in [5, 5.41) is 0. The zero-order chi connectivity index (χ0) is 11.8. The molecule has 2 rings (SSSR count). The van der Waals surface area contributed by atoms with Gasteiger partial charge in [-0.05, 0) is 31.1 Å². The summed E-state index contributed by atoms with van der Waals surface area (Å²) >= 11 is 3.51. The molecule has 2 unspecified atom stereocenters. The summed E-state index contributed by atoms with van der Waals surface area (Å²) in [5.41, 5.74) is 0.304. The molecule has 0 radical (unpaired) electrons. The lowest BCUT2D eigenvalue weighted by molar-refractivity contribution is -0.139. The molecule has 1 aliphatic heterocycles. The summed E-state index contributed by atoms with van der Waals surface area (Å²) in [6, 6.07) is 0.467. The molecule has 0 aromatic rings. The van der Waals surface area contributed by atoms with Crippen LogP contribution >= 0.6 is 15.9 Å². The largest absolute Gasteiger partial charge is 0.338 e. The third-order valence-electron chi connectivity index (χ3n) is 4.23. The van der Waals surface area contributed by atoms with Crippen LogP contribution in [0.1, 0.15) is 52.4 Å². The van der Waals surface area contributed by atoms with E-state index in [4.69, 9.17) is 0 Å². The lowest BCUT2D eigenvalue weighted by Crippen LogP contribution is -2.54. The monoisotopic (exact) mass is 287 g/mol. The fourth-order valence-electron chi connectivity index (χ4n) is 3.22. The Balaban J connectivity index is 2.13. The van der Waals surface area contributed by atoms with Crippen molar-refractivity contribution in [2.45, 2.75) is 63.2 Å². The van der Waals surface area contributed by atoms with Crippen molar-refractivity contribution in [3.63, 3.8) is 0 Å². The molecular formula is C13H22BrNO. The van der Waals surface area contributed by atoms with Crippen LogP contribution in [0.4, 0.5) is 0 Å². The van der Waals surface area contributed by atoms with Gasteiger partial charge in [0.2, 0.25) is 5.91 Å². The molecule has 0 spiro atoms. The molecule has 1 saturated heterocycles. The molecule has 1 amide bonds. The van der Waals surface area contributed by atoms with Crippen molar-refractivity contribution in [3.05, 3.63) is 0 Å². The lowest BCUT2D eigenvalue weighted by Gasteiger charge is -2.47. The molecule has 0 bridgehead atoms. The summed E-state index contributed by atoms with van der Waals surface area (Å²) in [4.78, 5) is 14.4. The van der Waals surface area contributed by atoms with Gasteiger partial charge >= 0.3 is 0 Å². The standard InChI is InChI=1S/C13H22BrNO/c1-13(2)8-4-3-7-11(13)15-9-5-6-10(14)12(15)16/h10-11H,3-9H2,1-2H3. The topological polar surface area (TPSA) is 20.3 Å². The van der Waals surface area contributed by atoms with Crippen LogP contribution < -0.4 is 0 Å². The number of likely N-dealkylation sites (tertiary alicyclic amines) is 1. The maximum absolute atomic E-state index is 12.2. The quantitative estimate of drug-likeness (QED) is 0.678. The third-order valence-corrected chi connectivity index (χ3v) is 5.08. The molecule has 1 saturated carbocycles. The van der Waals surface area contributed by atoms with Gasteiger partial charge in [-0.15, -0.1) is 0 Å². The first-order valence-electron chi connectivity index (χ1n) is 6.47.